The zero-order chi connectivity index (χ0) is 13.7. The fraction of sp³-hybridized carbons (Fsp3) is 0.714. The van der Waals surface area contributed by atoms with Gasteiger partial charge in [0, 0.05) is 24.5 Å². The van der Waals surface area contributed by atoms with Gasteiger partial charge in [-0.15, -0.1) is 35.3 Å². The maximum Gasteiger partial charge on any atom is 0.194 e. The van der Waals surface area contributed by atoms with Crippen LogP contribution in [0.15, 0.2) is 10.5 Å². The Kier molecular flexibility index (Phi) is 7.79. The van der Waals surface area contributed by atoms with E-state index in [9.17, 15) is 0 Å². The molecule has 1 N–H and O–H groups in total. The van der Waals surface area contributed by atoms with Crippen LogP contribution in [0.5, 0.6) is 0 Å². The van der Waals surface area contributed by atoms with Crippen LogP contribution in [0.2, 0.25) is 0 Å². The van der Waals surface area contributed by atoms with Crippen molar-refractivity contribution in [3.63, 3.8) is 0 Å². The Hall–Kier alpha value is -0.370. The highest BCUT2D eigenvalue weighted by molar-refractivity contribution is 14.0. The van der Waals surface area contributed by atoms with Crippen LogP contribution in [-0.2, 0) is 6.54 Å². The standard InChI is InChI=1S/C14H24N4S.HI/c1-4-15-14(18-7-5-11(2)6-8-18)16-9-13-12(3)17-10-19-13;/h10-11H,4-9H2,1-3H3,(H,15,16);1H. The van der Waals surface area contributed by atoms with Gasteiger partial charge in [-0.05, 0) is 32.6 Å². The SMILES string of the molecule is CCNC(=NCc1scnc1C)N1CCC(C)CC1.I. The molecule has 1 saturated heterocycles. The number of nitrogens with one attached hydrogen (secondary N) is 1. The first kappa shape index (κ1) is 17.7. The van der Waals surface area contributed by atoms with E-state index in [0.29, 0.717) is 0 Å². The molecule has 0 radical (unpaired) electrons. The highest BCUT2D eigenvalue weighted by Crippen LogP contribution is 2.17. The third-order valence-corrected chi connectivity index (χ3v) is 4.56. The molecule has 0 amide bonds. The van der Waals surface area contributed by atoms with Gasteiger partial charge in [0.2, 0.25) is 0 Å². The smallest absolute Gasteiger partial charge is 0.194 e. The summed E-state index contributed by atoms with van der Waals surface area (Å²) in [4.78, 5) is 12.7. The first-order valence-corrected chi connectivity index (χ1v) is 8.01. The molecule has 1 aliphatic heterocycles. The molecule has 0 saturated carbocycles. The number of hydrogen-bond acceptors (Lipinski definition) is 3. The Morgan fingerprint density at radius 3 is 2.75 bits per heavy atom. The van der Waals surface area contributed by atoms with Crippen molar-refractivity contribution in [2.45, 2.75) is 40.2 Å². The highest BCUT2D eigenvalue weighted by Gasteiger charge is 2.18. The van der Waals surface area contributed by atoms with Gasteiger partial charge in [-0.1, -0.05) is 6.92 Å². The summed E-state index contributed by atoms with van der Waals surface area (Å²) in [5.41, 5.74) is 3.01. The van der Waals surface area contributed by atoms with Gasteiger partial charge in [-0.2, -0.15) is 0 Å². The topological polar surface area (TPSA) is 40.5 Å². The third-order valence-electron chi connectivity index (χ3n) is 3.64. The van der Waals surface area contributed by atoms with Crippen LogP contribution in [0.3, 0.4) is 0 Å². The number of hydrogen-bond donors (Lipinski definition) is 1. The number of aromatic nitrogens is 1. The molecule has 1 aromatic heterocycles. The third kappa shape index (κ3) is 4.87. The lowest BCUT2D eigenvalue weighted by molar-refractivity contribution is 0.273. The monoisotopic (exact) mass is 408 g/mol. The normalized spacial score (nSPS) is 16.9. The molecule has 0 spiro atoms. The van der Waals surface area contributed by atoms with Crippen molar-refractivity contribution in [3.8, 4) is 0 Å². The number of rotatable bonds is 3. The molecule has 2 rings (SSSR count). The van der Waals surface area contributed by atoms with Gasteiger partial charge in [0.05, 0.1) is 17.7 Å². The Balaban J connectivity index is 0.00000200. The van der Waals surface area contributed by atoms with E-state index in [1.54, 1.807) is 11.3 Å². The largest absolute Gasteiger partial charge is 0.357 e. The van der Waals surface area contributed by atoms with Crippen LogP contribution < -0.4 is 5.32 Å². The lowest BCUT2D eigenvalue weighted by Crippen LogP contribution is -2.45. The van der Waals surface area contributed by atoms with Crippen molar-refractivity contribution in [1.82, 2.24) is 15.2 Å². The average molecular weight is 408 g/mol. The molecule has 0 aliphatic carbocycles. The van der Waals surface area contributed by atoms with E-state index in [-0.39, 0.29) is 24.0 Å². The minimum atomic E-state index is 0. The average Bonchev–Trinajstić information content (AvgIpc) is 2.81. The summed E-state index contributed by atoms with van der Waals surface area (Å²) in [7, 11) is 0. The van der Waals surface area contributed by atoms with Crippen molar-refractivity contribution in [1.29, 1.82) is 0 Å². The molecule has 1 aromatic rings. The van der Waals surface area contributed by atoms with Gasteiger partial charge in [0.1, 0.15) is 0 Å². The van der Waals surface area contributed by atoms with E-state index in [1.807, 2.05) is 5.51 Å². The number of aliphatic imine (C=N–C) groups is 1. The second-order valence-corrected chi connectivity index (χ2v) is 6.14. The first-order valence-electron chi connectivity index (χ1n) is 7.13. The Morgan fingerprint density at radius 2 is 2.20 bits per heavy atom. The van der Waals surface area contributed by atoms with Gasteiger partial charge in [0.15, 0.2) is 5.96 Å². The van der Waals surface area contributed by atoms with Crippen molar-refractivity contribution < 1.29 is 0 Å². The number of guanidine groups is 1. The second kappa shape index (κ2) is 8.81. The molecule has 20 heavy (non-hydrogen) atoms. The van der Waals surface area contributed by atoms with E-state index in [4.69, 9.17) is 4.99 Å². The maximum absolute atomic E-state index is 4.77. The van der Waals surface area contributed by atoms with Gasteiger partial charge in [-0.25, -0.2) is 9.98 Å². The van der Waals surface area contributed by atoms with Gasteiger partial charge >= 0.3 is 0 Å². The molecule has 1 aliphatic rings. The van der Waals surface area contributed by atoms with E-state index in [2.05, 4.69) is 36.0 Å². The van der Waals surface area contributed by atoms with E-state index >= 15 is 0 Å². The zero-order valence-corrected chi connectivity index (χ0v) is 15.7. The predicted octanol–water partition coefficient (Wildman–Crippen LogP) is 3.27. The summed E-state index contributed by atoms with van der Waals surface area (Å²) < 4.78 is 0. The molecule has 0 aromatic carbocycles. The van der Waals surface area contributed by atoms with Crippen molar-refractivity contribution >= 4 is 41.3 Å². The Bertz CT molecular complexity index is 425. The van der Waals surface area contributed by atoms with Crippen molar-refractivity contribution in [3.05, 3.63) is 16.1 Å². The molecular weight excluding hydrogens is 383 g/mol. The zero-order valence-electron chi connectivity index (χ0n) is 12.6. The number of thiazole rings is 1. The van der Waals surface area contributed by atoms with Gasteiger partial charge in [0.25, 0.3) is 0 Å². The molecular formula is C14H25IN4S. The lowest BCUT2D eigenvalue weighted by Gasteiger charge is -2.32. The summed E-state index contributed by atoms with van der Waals surface area (Å²) >= 11 is 1.69. The lowest BCUT2D eigenvalue weighted by atomic mass is 10.00. The van der Waals surface area contributed by atoms with E-state index in [1.165, 1.54) is 17.7 Å². The number of aryl methyl sites for hydroxylation is 1. The maximum atomic E-state index is 4.77. The van der Waals surface area contributed by atoms with Crippen molar-refractivity contribution in [2.75, 3.05) is 19.6 Å². The molecule has 0 bridgehead atoms. The summed E-state index contributed by atoms with van der Waals surface area (Å²) in [5.74, 6) is 1.91. The molecule has 0 atom stereocenters. The van der Waals surface area contributed by atoms with Gasteiger partial charge in [-0.3, -0.25) is 0 Å². The molecule has 4 nitrogen and oxygen atoms in total. The fourth-order valence-corrected chi connectivity index (χ4v) is 2.97. The first-order chi connectivity index (χ1) is 9.20. The molecule has 114 valence electrons. The number of piperidine rings is 1. The molecule has 6 heteroatoms. The number of halogens is 1. The minimum absolute atomic E-state index is 0. The second-order valence-electron chi connectivity index (χ2n) is 5.20. The molecule has 1 fully saturated rings. The van der Waals surface area contributed by atoms with E-state index < -0.39 is 0 Å². The van der Waals surface area contributed by atoms with Crippen LogP contribution in [0, 0.1) is 12.8 Å². The minimum Gasteiger partial charge on any atom is -0.357 e. The molecule has 0 unspecified atom stereocenters. The summed E-state index contributed by atoms with van der Waals surface area (Å²) in [6.45, 7) is 10.4. The van der Waals surface area contributed by atoms with Crippen LogP contribution in [-0.4, -0.2) is 35.5 Å². The van der Waals surface area contributed by atoms with Crippen LogP contribution in [0.4, 0.5) is 0 Å². The Morgan fingerprint density at radius 1 is 1.50 bits per heavy atom. The van der Waals surface area contributed by atoms with Crippen LogP contribution in [0.1, 0.15) is 37.3 Å². The Labute approximate surface area is 143 Å². The van der Waals surface area contributed by atoms with Crippen molar-refractivity contribution in [2.24, 2.45) is 10.9 Å². The number of nitrogens with zero attached hydrogens (tertiary/aromatic N) is 3. The summed E-state index contributed by atoms with van der Waals surface area (Å²) in [5, 5.41) is 3.41. The quantitative estimate of drug-likeness (QED) is 0.474. The molecule has 2 heterocycles. The van der Waals surface area contributed by atoms with E-state index in [0.717, 1.165) is 43.8 Å². The summed E-state index contributed by atoms with van der Waals surface area (Å²) in [6, 6.07) is 0. The van der Waals surface area contributed by atoms with Crippen LogP contribution in [0.25, 0.3) is 0 Å². The fourth-order valence-electron chi connectivity index (χ4n) is 2.27. The van der Waals surface area contributed by atoms with Crippen LogP contribution >= 0.6 is 35.3 Å². The summed E-state index contributed by atoms with van der Waals surface area (Å²) in [6.07, 6.45) is 2.54. The number of likely N-dealkylation sites (tertiary alicyclic amines) is 1. The highest BCUT2D eigenvalue weighted by atomic mass is 127. The predicted molar refractivity (Wildman–Crippen MR) is 97.1 cm³/mol. The van der Waals surface area contributed by atoms with Gasteiger partial charge < -0.3 is 10.2 Å².